The second kappa shape index (κ2) is 5.84. The van der Waals surface area contributed by atoms with E-state index in [-0.39, 0.29) is 6.04 Å². The molecule has 1 N–H and O–H groups in total. The first-order valence-corrected chi connectivity index (χ1v) is 7.02. The number of aromatic nitrogens is 4. The van der Waals surface area contributed by atoms with Gasteiger partial charge in [0.15, 0.2) is 0 Å². The zero-order chi connectivity index (χ0) is 15.7. The third kappa shape index (κ3) is 2.71. The van der Waals surface area contributed by atoms with Gasteiger partial charge in [0.25, 0.3) is 0 Å². The average Bonchev–Trinajstić information content (AvgIpc) is 3.08. The molecule has 2 aromatic heterocycles. The zero-order valence-electron chi connectivity index (χ0n) is 12.4. The number of benzene rings is 1. The molecule has 0 saturated heterocycles. The average molecular weight is 305 g/mol. The quantitative estimate of drug-likeness (QED) is 0.788. The summed E-state index contributed by atoms with van der Waals surface area (Å²) in [5.41, 5.74) is 2.02. The molecule has 0 amide bonds. The fourth-order valence-corrected chi connectivity index (χ4v) is 2.50. The Morgan fingerprint density at radius 3 is 2.73 bits per heavy atom. The van der Waals surface area contributed by atoms with Crippen molar-refractivity contribution in [2.24, 2.45) is 7.05 Å². The predicted octanol–water partition coefficient (Wildman–Crippen LogP) is 3.02. The van der Waals surface area contributed by atoms with Crippen LogP contribution in [-0.2, 0) is 13.6 Å². The van der Waals surface area contributed by atoms with Crippen LogP contribution in [0.2, 0.25) is 0 Å². The predicted molar refractivity (Wildman–Crippen MR) is 79.4 cm³/mol. The van der Waals surface area contributed by atoms with Crippen LogP contribution in [-0.4, -0.2) is 19.3 Å². The van der Waals surface area contributed by atoms with E-state index >= 15 is 0 Å². The normalized spacial score (nSPS) is 13.1. The highest BCUT2D eigenvalue weighted by Crippen LogP contribution is 2.26. The van der Waals surface area contributed by atoms with E-state index in [0.29, 0.717) is 23.4 Å². The molecule has 3 rings (SSSR count). The van der Waals surface area contributed by atoms with Gasteiger partial charge in [-0.25, -0.2) is 4.98 Å². The number of nitrogens with one attached hydrogen (secondary N) is 1. The molecule has 116 valence electrons. The molecule has 1 aromatic carbocycles. The van der Waals surface area contributed by atoms with Crippen molar-refractivity contribution in [2.45, 2.75) is 26.1 Å². The maximum Gasteiger partial charge on any atom is 0.320 e. The third-order valence-corrected chi connectivity index (χ3v) is 3.58. The topological polar surface area (TPSA) is 47.7 Å². The summed E-state index contributed by atoms with van der Waals surface area (Å²) < 4.78 is 29.5. The van der Waals surface area contributed by atoms with E-state index in [2.05, 4.69) is 15.4 Å². The lowest BCUT2D eigenvalue weighted by atomic mass is 10.3. The molecule has 0 aliphatic rings. The number of hydrogen-bond donors (Lipinski definition) is 1. The molecule has 0 fully saturated rings. The second-order valence-corrected chi connectivity index (χ2v) is 5.23. The number of fused-ring (bicyclic) bond motifs is 1. The lowest BCUT2D eigenvalue weighted by Gasteiger charge is -2.15. The second-order valence-electron chi connectivity index (χ2n) is 5.23. The van der Waals surface area contributed by atoms with Gasteiger partial charge in [-0.2, -0.15) is 13.9 Å². The number of rotatable bonds is 5. The monoisotopic (exact) mass is 305 g/mol. The molecule has 0 radical (unpaired) electrons. The molecule has 0 bridgehead atoms. The summed E-state index contributed by atoms with van der Waals surface area (Å²) in [6.07, 6.45) is 3.63. The van der Waals surface area contributed by atoms with Crippen LogP contribution in [0.15, 0.2) is 36.7 Å². The van der Waals surface area contributed by atoms with Crippen molar-refractivity contribution in [3.8, 4) is 0 Å². The van der Waals surface area contributed by atoms with Crippen LogP contribution >= 0.6 is 0 Å². The van der Waals surface area contributed by atoms with E-state index in [0.717, 1.165) is 10.1 Å². The number of alkyl halides is 2. The minimum Gasteiger partial charge on any atom is -0.303 e. The molecular formula is C15H17F2N5. The van der Waals surface area contributed by atoms with Gasteiger partial charge < -0.3 is 5.32 Å². The highest BCUT2D eigenvalue weighted by molar-refractivity contribution is 5.76. The largest absolute Gasteiger partial charge is 0.320 e. The van der Waals surface area contributed by atoms with Crippen molar-refractivity contribution in [3.05, 3.63) is 48.0 Å². The molecule has 0 saturated carbocycles. The lowest BCUT2D eigenvalue weighted by molar-refractivity contribution is 0.0698. The van der Waals surface area contributed by atoms with Gasteiger partial charge in [0, 0.05) is 25.4 Å². The summed E-state index contributed by atoms with van der Waals surface area (Å²) in [5.74, 6) is 0.333. The lowest BCUT2D eigenvalue weighted by Crippen LogP contribution is -2.22. The summed E-state index contributed by atoms with van der Waals surface area (Å²) in [6, 6.07) is 6.63. The SMILES string of the molecule is CC(NCc1cnn(C)c1)c1nc2ccccc2n1C(F)F. The molecule has 22 heavy (non-hydrogen) atoms. The van der Waals surface area contributed by atoms with Crippen LogP contribution in [0.1, 0.15) is 30.9 Å². The highest BCUT2D eigenvalue weighted by atomic mass is 19.3. The summed E-state index contributed by atoms with van der Waals surface area (Å²) in [5, 5.41) is 7.30. The third-order valence-electron chi connectivity index (χ3n) is 3.58. The Morgan fingerprint density at radius 1 is 1.27 bits per heavy atom. The van der Waals surface area contributed by atoms with Gasteiger partial charge in [0.2, 0.25) is 0 Å². The van der Waals surface area contributed by atoms with Crippen molar-refractivity contribution >= 4 is 11.0 Å². The van der Waals surface area contributed by atoms with E-state index in [1.54, 1.807) is 35.1 Å². The fraction of sp³-hybridized carbons (Fsp3) is 0.333. The highest BCUT2D eigenvalue weighted by Gasteiger charge is 2.21. The van der Waals surface area contributed by atoms with E-state index in [4.69, 9.17) is 0 Å². The van der Waals surface area contributed by atoms with Gasteiger partial charge in [0.1, 0.15) is 5.82 Å². The molecule has 1 unspecified atom stereocenters. The van der Waals surface area contributed by atoms with Crippen LogP contribution in [0, 0.1) is 0 Å². The first kappa shape index (κ1) is 14.6. The maximum absolute atomic E-state index is 13.4. The maximum atomic E-state index is 13.4. The standard InChI is InChI=1S/C15H17F2N5/c1-10(18-7-11-8-19-21(2)9-11)14-20-12-5-3-4-6-13(12)22(14)15(16)17/h3-6,8-10,15,18H,7H2,1-2H3. The van der Waals surface area contributed by atoms with Gasteiger partial charge in [-0.05, 0) is 19.1 Å². The van der Waals surface area contributed by atoms with E-state index in [1.807, 2.05) is 20.2 Å². The fourth-order valence-electron chi connectivity index (χ4n) is 2.50. The number of nitrogens with zero attached hydrogens (tertiary/aromatic N) is 4. The Kier molecular flexibility index (Phi) is 3.89. The summed E-state index contributed by atoms with van der Waals surface area (Å²) in [7, 11) is 1.84. The van der Waals surface area contributed by atoms with Gasteiger partial charge in [0.05, 0.1) is 23.3 Å². The molecule has 1 atom stereocenters. The van der Waals surface area contributed by atoms with E-state index in [1.165, 1.54) is 0 Å². The Bertz CT molecular complexity index is 777. The number of aryl methyl sites for hydroxylation is 1. The van der Waals surface area contributed by atoms with Crippen molar-refractivity contribution in [1.82, 2.24) is 24.6 Å². The molecule has 7 heteroatoms. The van der Waals surface area contributed by atoms with Crippen LogP contribution in [0.3, 0.4) is 0 Å². The number of hydrogen-bond acceptors (Lipinski definition) is 3. The first-order chi connectivity index (χ1) is 10.6. The Morgan fingerprint density at radius 2 is 2.05 bits per heavy atom. The molecular weight excluding hydrogens is 288 g/mol. The van der Waals surface area contributed by atoms with Gasteiger partial charge in [-0.3, -0.25) is 9.25 Å². The van der Waals surface area contributed by atoms with Gasteiger partial charge in [-0.15, -0.1) is 0 Å². The van der Waals surface area contributed by atoms with Crippen molar-refractivity contribution in [1.29, 1.82) is 0 Å². The van der Waals surface area contributed by atoms with Crippen LogP contribution in [0.25, 0.3) is 11.0 Å². The van der Waals surface area contributed by atoms with Gasteiger partial charge in [-0.1, -0.05) is 12.1 Å². The molecule has 2 heterocycles. The van der Waals surface area contributed by atoms with E-state index < -0.39 is 6.55 Å². The van der Waals surface area contributed by atoms with Crippen LogP contribution in [0.4, 0.5) is 8.78 Å². The molecule has 5 nitrogen and oxygen atoms in total. The number of halogens is 2. The summed E-state index contributed by atoms with van der Waals surface area (Å²) >= 11 is 0. The van der Waals surface area contributed by atoms with Crippen molar-refractivity contribution in [2.75, 3.05) is 0 Å². The molecule has 3 aromatic rings. The zero-order valence-corrected chi connectivity index (χ0v) is 12.4. The smallest absolute Gasteiger partial charge is 0.303 e. The minimum atomic E-state index is -2.62. The first-order valence-electron chi connectivity index (χ1n) is 7.02. The van der Waals surface area contributed by atoms with Gasteiger partial charge >= 0.3 is 6.55 Å². The minimum absolute atomic E-state index is 0.304. The molecule has 0 aliphatic carbocycles. The van der Waals surface area contributed by atoms with E-state index in [9.17, 15) is 8.78 Å². The van der Waals surface area contributed by atoms with Crippen molar-refractivity contribution in [3.63, 3.8) is 0 Å². The number of imidazole rings is 1. The summed E-state index contributed by atoms with van der Waals surface area (Å²) in [4.78, 5) is 4.35. The van der Waals surface area contributed by atoms with Crippen molar-refractivity contribution < 1.29 is 8.78 Å². The Labute approximate surface area is 126 Å². The molecule has 0 aliphatic heterocycles. The Balaban J connectivity index is 1.86. The number of para-hydroxylation sites is 2. The molecule has 0 spiro atoms. The van der Waals surface area contributed by atoms with Crippen LogP contribution < -0.4 is 5.32 Å². The Hall–Kier alpha value is -2.28. The summed E-state index contributed by atoms with van der Waals surface area (Å²) in [6.45, 7) is -0.247. The van der Waals surface area contributed by atoms with Crippen LogP contribution in [0.5, 0.6) is 0 Å².